The van der Waals surface area contributed by atoms with E-state index in [0.29, 0.717) is 11.4 Å². The average Bonchev–Trinajstić information content (AvgIpc) is 2.30. The van der Waals surface area contributed by atoms with Crippen LogP contribution in [0.4, 0.5) is 14.5 Å². The number of nitrogens with two attached hydrogens (primary N) is 1. The molecule has 0 bridgehead atoms. The molecule has 1 aromatic rings. The van der Waals surface area contributed by atoms with Gasteiger partial charge in [0, 0.05) is 0 Å². The van der Waals surface area contributed by atoms with Crippen LogP contribution < -0.4 is 15.8 Å². The fourth-order valence-corrected chi connectivity index (χ4v) is 1.28. The zero-order chi connectivity index (χ0) is 13.5. The average molecular weight is 258 g/mol. The lowest BCUT2D eigenvalue weighted by molar-refractivity contribution is -0.118. The molecule has 6 heteroatoms. The molecule has 1 aromatic carbocycles. The van der Waals surface area contributed by atoms with Crippen LogP contribution >= 0.6 is 0 Å². The first kappa shape index (κ1) is 14.2. The molecule has 1 amide bonds. The second kappa shape index (κ2) is 6.78. The first-order chi connectivity index (χ1) is 8.50. The Morgan fingerprint density at radius 2 is 2.11 bits per heavy atom. The molecule has 0 aliphatic carbocycles. The summed E-state index contributed by atoms with van der Waals surface area (Å²) in [5.41, 5.74) is 5.45. The van der Waals surface area contributed by atoms with Gasteiger partial charge < -0.3 is 15.8 Å². The van der Waals surface area contributed by atoms with Crippen molar-refractivity contribution >= 4 is 11.6 Å². The number of halogens is 2. The van der Waals surface area contributed by atoms with E-state index >= 15 is 0 Å². The van der Waals surface area contributed by atoms with Crippen LogP contribution in [-0.4, -0.2) is 25.0 Å². The number of carbonyl (C=O) groups is 1. The van der Waals surface area contributed by atoms with Gasteiger partial charge in [-0.1, -0.05) is 12.1 Å². The summed E-state index contributed by atoms with van der Waals surface area (Å²) in [7, 11) is 0. The highest BCUT2D eigenvalue weighted by molar-refractivity contribution is 5.73. The number of para-hydroxylation sites is 2. The van der Waals surface area contributed by atoms with Gasteiger partial charge in [-0.15, -0.1) is 0 Å². The van der Waals surface area contributed by atoms with Gasteiger partial charge in [0.25, 0.3) is 6.43 Å². The SMILES string of the molecule is CC(Nc1ccccc1OCCC(N)=O)C(F)F. The van der Waals surface area contributed by atoms with Gasteiger partial charge in [0.1, 0.15) is 5.75 Å². The summed E-state index contributed by atoms with van der Waals surface area (Å²) < 4.78 is 30.2. The van der Waals surface area contributed by atoms with Gasteiger partial charge in [0.05, 0.1) is 24.8 Å². The molecule has 4 nitrogen and oxygen atoms in total. The molecule has 0 saturated carbocycles. The molecule has 0 spiro atoms. The first-order valence-corrected chi connectivity index (χ1v) is 5.55. The molecule has 100 valence electrons. The topological polar surface area (TPSA) is 64.3 Å². The number of carbonyl (C=O) groups excluding carboxylic acids is 1. The normalized spacial score (nSPS) is 12.2. The third-order valence-electron chi connectivity index (χ3n) is 2.25. The maximum Gasteiger partial charge on any atom is 0.258 e. The largest absolute Gasteiger partial charge is 0.491 e. The molecular weight excluding hydrogens is 242 g/mol. The Morgan fingerprint density at radius 1 is 1.44 bits per heavy atom. The summed E-state index contributed by atoms with van der Waals surface area (Å²) in [6.45, 7) is 1.50. The molecule has 1 atom stereocenters. The smallest absolute Gasteiger partial charge is 0.258 e. The summed E-state index contributed by atoms with van der Waals surface area (Å²) in [5, 5.41) is 2.66. The Bertz CT molecular complexity index is 399. The highest BCUT2D eigenvalue weighted by atomic mass is 19.3. The minimum atomic E-state index is -2.47. The summed E-state index contributed by atoms with van der Waals surface area (Å²) in [5.74, 6) is -0.0485. The van der Waals surface area contributed by atoms with E-state index in [1.807, 2.05) is 0 Å². The second-order valence-electron chi connectivity index (χ2n) is 3.83. The number of primary amides is 1. The van der Waals surface area contributed by atoms with Crippen molar-refractivity contribution in [3.05, 3.63) is 24.3 Å². The van der Waals surface area contributed by atoms with Crippen molar-refractivity contribution in [2.75, 3.05) is 11.9 Å². The zero-order valence-corrected chi connectivity index (χ0v) is 10.0. The summed E-state index contributed by atoms with van der Waals surface area (Å²) in [4.78, 5) is 10.6. The Labute approximate surface area is 104 Å². The number of rotatable bonds is 7. The molecule has 0 radical (unpaired) electrons. The standard InChI is InChI=1S/C12H16F2N2O2/c1-8(12(13)14)16-9-4-2-3-5-10(9)18-7-6-11(15)17/h2-5,8,12,16H,6-7H2,1H3,(H2,15,17). The van der Waals surface area contributed by atoms with Crippen LogP contribution in [-0.2, 0) is 4.79 Å². The third kappa shape index (κ3) is 4.57. The quantitative estimate of drug-likeness (QED) is 0.786. The molecule has 18 heavy (non-hydrogen) atoms. The van der Waals surface area contributed by atoms with E-state index in [1.165, 1.54) is 6.92 Å². The predicted octanol–water partition coefficient (Wildman–Crippen LogP) is 2.01. The van der Waals surface area contributed by atoms with Gasteiger partial charge in [0.2, 0.25) is 5.91 Å². The van der Waals surface area contributed by atoms with Gasteiger partial charge in [-0.25, -0.2) is 8.78 Å². The fourth-order valence-electron chi connectivity index (χ4n) is 1.28. The lowest BCUT2D eigenvalue weighted by Gasteiger charge is -2.17. The van der Waals surface area contributed by atoms with Gasteiger partial charge >= 0.3 is 0 Å². The number of hydrogen-bond acceptors (Lipinski definition) is 3. The van der Waals surface area contributed by atoms with Gasteiger partial charge in [-0.05, 0) is 19.1 Å². The molecule has 0 fully saturated rings. The van der Waals surface area contributed by atoms with Crippen molar-refractivity contribution in [1.82, 2.24) is 0 Å². The summed E-state index contributed by atoms with van der Waals surface area (Å²) in [6, 6.07) is 5.73. The van der Waals surface area contributed by atoms with Crippen molar-refractivity contribution in [2.24, 2.45) is 5.73 Å². The van der Waals surface area contributed by atoms with E-state index in [9.17, 15) is 13.6 Å². The molecule has 0 heterocycles. The monoisotopic (exact) mass is 258 g/mol. The molecule has 1 rings (SSSR count). The van der Waals surface area contributed by atoms with E-state index in [2.05, 4.69) is 5.32 Å². The van der Waals surface area contributed by atoms with Gasteiger partial charge in [-0.3, -0.25) is 4.79 Å². The van der Waals surface area contributed by atoms with Crippen LogP contribution in [0.2, 0.25) is 0 Å². The van der Waals surface area contributed by atoms with Crippen LogP contribution in [0.3, 0.4) is 0 Å². The van der Waals surface area contributed by atoms with E-state index < -0.39 is 18.4 Å². The molecule has 0 aromatic heterocycles. The Morgan fingerprint density at radius 3 is 2.72 bits per heavy atom. The van der Waals surface area contributed by atoms with E-state index in [-0.39, 0.29) is 13.0 Å². The Hall–Kier alpha value is -1.85. The van der Waals surface area contributed by atoms with Gasteiger partial charge in [-0.2, -0.15) is 0 Å². The predicted molar refractivity (Wildman–Crippen MR) is 64.8 cm³/mol. The van der Waals surface area contributed by atoms with Crippen LogP contribution in [0, 0.1) is 0 Å². The number of ether oxygens (including phenoxy) is 1. The zero-order valence-electron chi connectivity index (χ0n) is 10.0. The molecule has 0 aliphatic heterocycles. The summed E-state index contributed by atoms with van der Waals surface area (Å²) >= 11 is 0. The molecular formula is C12H16F2N2O2. The lowest BCUT2D eigenvalue weighted by Crippen LogP contribution is -2.24. The van der Waals surface area contributed by atoms with Crippen LogP contribution in [0.5, 0.6) is 5.75 Å². The molecule has 3 N–H and O–H groups in total. The number of amides is 1. The molecule has 1 unspecified atom stereocenters. The van der Waals surface area contributed by atoms with Crippen molar-refractivity contribution in [1.29, 1.82) is 0 Å². The maximum absolute atomic E-state index is 12.4. The minimum Gasteiger partial charge on any atom is -0.491 e. The third-order valence-corrected chi connectivity index (χ3v) is 2.25. The number of hydrogen-bond donors (Lipinski definition) is 2. The van der Waals surface area contributed by atoms with E-state index in [1.54, 1.807) is 24.3 Å². The number of benzene rings is 1. The minimum absolute atomic E-state index is 0.0821. The van der Waals surface area contributed by atoms with E-state index in [4.69, 9.17) is 10.5 Å². The molecule has 0 saturated heterocycles. The van der Waals surface area contributed by atoms with Crippen LogP contribution in [0.15, 0.2) is 24.3 Å². The van der Waals surface area contributed by atoms with Crippen molar-refractivity contribution in [3.63, 3.8) is 0 Å². The van der Waals surface area contributed by atoms with Crippen molar-refractivity contribution in [3.8, 4) is 5.75 Å². The highest BCUT2D eigenvalue weighted by Crippen LogP contribution is 2.25. The Kier molecular flexibility index (Phi) is 5.35. The molecule has 0 aliphatic rings. The van der Waals surface area contributed by atoms with Crippen molar-refractivity contribution in [2.45, 2.75) is 25.8 Å². The number of nitrogens with one attached hydrogen (secondary N) is 1. The first-order valence-electron chi connectivity index (χ1n) is 5.55. The summed E-state index contributed by atoms with van der Waals surface area (Å²) in [6.07, 6.45) is -2.39. The van der Waals surface area contributed by atoms with Crippen molar-refractivity contribution < 1.29 is 18.3 Å². The Balaban J connectivity index is 2.64. The van der Waals surface area contributed by atoms with Gasteiger partial charge in [0.15, 0.2) is 0 Å². The fraction of sp³-hybridized carbons (Fsp3) is 0.417. The van der Waals surface area contributed by atoms with Crippen LogP contribution in [0.25, 0.3) is 0 Å². The highest BCUT2D eigenvalue weighted by Gasteiger charge is 2.15. The second-order valence-corrected chi connectivity index (χ2v) is 3.83. The maximum atomic E-state index is 12.4. The number of anilines is 1. The van der Waals surface area contributed by atoms with Crippen LogP contribution in [0.1, 0.15) is 13.3 Å². The lowest BCUT2D eigenvalue weighted by atomic mass is 10.2. The van der Waals surface area contributed by atoms with E-state index in [0.717, 1.165) is 0 Å². The number of alkyl halides is 2.